The Kier molecular flexibility index (Phi) is 7.55. The third kappa shape index (κ3) is 5.65. The van der Waals surface area contributed by atoms with Gasteiger partial charge in [-0.2, -0.15) is 21.6 Å². The number of nitrogens with zero attached hydrogens (tertiary/aromatic N) is 4. The van der Waals surface area contributed by atoms with Crippen molar-refractivity contribution in [3.63, 3.8) is 0 Å². The number of benzene rings is 1. The molecule has 0 aliphatic heterocycles. The molecule has 9 nitrogen and oxygen atoms in total. The predicted molar refractivity (Wildman–Crippen MR) is 115 cm³/mol. The van der Waals surface area contributed by atoms with E-state index in [0.717, 1.165) is 5.56 Å². The molecule has 0 bridgehead atoms. The minimum absolute atomic E-state index is 0.118. The molecule has 3 rings (SSSR count). The van der Waals surface area contributed by atoms with Crippen molar-refractivity contribution in [3.8, 4) is 5.82 Å². The Bertz CT molecular complexity index is 1060. The third-order valence-electron chi connectivity index (χ3n) is 4.23. The average Bonchev–Trinajstić information content (AvgIpc) is 3.30. The van der Waals surface area contributed by atoms with Crippen molar-refractivity contribution in [1.82, 2.24) is 29.8 Å². The fourth-order valence-electron chi connectivity index (χ4n) is 2.73. The summed E-state index contributed by atoms with van der Waals surface area (Å²) in [4.78, 5) is 21.1. The van der Waals surface area contributed by atoms with E-state index < -0.39 is 22.0 Å². The van der Waals surface area contributed by atoms with Crippen LogP contribution >= 0.6 is 11.8 Å². The molecule has 0 aliphatic rings. The number of sulfonamides is 1. The van der Waals surface area contributed by atoms with Gasteiger partial charge in [0.05, 0.1) is 4.90 Å². The molecule has 0 spiro atoms. The summed E-state index contributed by atoms with van der Waals surface area (Å²) in [6.07, 6.45) is 6.80. The van der Waals surface area contributed by atoms with Crippen LogP contribution in [0.15, 0.2) is 66.2 Å². The maximum absolute atomic E-state index is 12.8. The topological polar surface area (TPSA) is 119 Å². The highest BCUT2D eigenvalue weighted by atomic mass is 32.2. The van der Waals surface area contributed by atoms with E-state index in [-0.39, 0.29) is 11.4 Å². The number of aromatic nitrogens is 4. The first kappa shape index (κ1) is 21.9. The highest BCUT2D eigenvalue weighted by Gasteiger charge is 2.25. The number of hydrogen-bond acceptors (Lipinski definition) is 7. The van der Waals surface area contributed by atoms with Gasteiger partial charge in [0.15, 0.2) is 5.82 Å². The summed E-state index contributed by atoms with van der Waals surface area (Å²) in [6.45, 7) is 0.171. The van der Waals surface area contributed by atoms with Gasteiger partial charge in [0.1, 0.15) is 18.7 Å². The van der Waals surface area contributed by atoms with Crippen LogP contribution in [-0.2, 0) is 21.4 Å². The summed E-state index contributed by atoms with van der Waals surface area (Å²) < 4.78 is 29.4. The van der Waals surface area contributed by atoms with Crippen LogP contribution in [0, 0.1) is 0 Å². The fourth-order valence-corrected chi connectivity index (χ4v) is 4.45. The fraction of sp³-hybridized carbons (Fsp3) is 0.263. The van der Waals surface area contributed by atoms with Gasteiger partial charge in [-0.1, -0.05) is 24.3 Å². The van der Waals surface area contributed by atoms with Crippen LogP contribution in [0.3, 0.4) is 0 Å². The first-order chi connectivity index (χ1) is 14.5. The van der Waals surface area contributed by atoms with Crippen molar-refractivity contribution < 1.29 is 13.2 Å². The van der Waals surface area contributed by atoms with Gasteiger partial charge < -0.3 is 5.32 Å². The van der Waals surface area contributed by atoms with E-state index in [9.17, 15) is 13.2 Å². The molecule has 0 saturated carbocycles. The molecule has 1 atom stereocenters. The summed E-state index contributed by atoms with van der Waals surface area (Å²) in [5, 5.41) is 6.88. The van der Waals surface area contributed by atoms with Crippen molar-refractivity contribution in [2.24, 2.45) is 0 Å². The van der Waals surface area contributed by atoms with Gasteiger partial charge in [-0.15, -0.1) is 0 Å². The van der Waals surface area contributed by atoms with Crippen molar-refractivity contribution in [1.29, 1.82) is 0 Å². The summed E-state index contributed by atoms with van der Waals surface area (Å²) >= 11 is 1.54. The molecule has 0 fully saturated rings. The molecular formula is C19H22N6O3S2. The Morgan fingerprint density at radius 1 is 1.20 bits per heavy atom. The standard InChI is InChI=1S/C19H22N6O3S2/c1-29-11-9-17(24-30(27,28)16-7-3-2-4-8-16)19(26)22-12-15-6-5-10-21-18(15)25-14-20-13-23-25/h2-8,10,13-14,17,24H,9,11-12H2,1H3,(H,22,26). The molecule has 11 heteroatoms. The molecule has 0 radical (unpaired) electrons. The second kappa shape index (κ2) is 10.3. The molecule has 2 heterocycles. The second-order valence-electron chi connectivity index (χ2n) is 6.31. The van der Waals surface area contributed by atoms with Gasteiger partial charge in [-0.3, -0.25) is 4.79 Å². The first-order valence-corrected chi connectivity index (χ1v) is 12.0. The quantitative estimate of drug-likeness (QED) is 0.483. The molecule has 1 aromatic carbocycles. The number of hydrogen-bond donors (Lipinski definition) is 2. The van der Waals surface area contributed by atoms with E-state index in [2.05, 4.69) is 25.1 Å². The van der Waals surface area contributed by atoms with Crippen LogP contribution in [0.25, 0.3) is 5.82 Å². The third-order valence-corrected chi connectivity index (χ3v) is 6.37. The summed E-state index contributed by atoms with van der Waals surface area (Å²) in [7, 11) is -3.82. The zero-order valence-corrected chi connectivity index (χ0v) is 17.9. The van der Waals surface area contributed by atoms with Gasteiger partial charge >= 0.3 is 0 Å². The zero-order valence-electron chi connectivity index (χ0n) is 16.3. The van der Waals surface area contributed by atoms with Gasteiger partial charge in [0.2, 0.25) is 15.9 Å². The molecule has 0 aliphatic carbocycles. The summed E-state index contributed by atoms with van der Waals surface area (Å²) in [5.41, 5.74) is 0.728. The van der Waals surface area contributed by atoms with Crippen LogP contribution in [0.1, 0.15) is 12.0 Å². The Hall–Kier alpha value is -2.76. The van der Waals surface area contributed by atoms with Crippen molar-refractivity contribution in [3.05, 3.63) is 66.9 Å². The highest BCUT2D eigenvalue weighted by molar-refractivity contribution is 7.98. The van der Waals surface area contributed by atoms with E-state index in [1.165, 1.54) is 29.5 Å². The van der Waals surface area contributed by atoms with E-state index in [1.54, 1.807) is 42.2 Å². The Morgan fingerprint density at radius 3 is 2.70 bits per heavy atom. The van der Waals surface area contributed by atoms with Gasteiger partial charge in [-0.05, 0) is 36.6 Å². The normalized spacial score (nSPS) is 12.4. The number of thioether (sulfide) groups is 1. The lowest BCUT2D eigenvalue weighted by Crippen LogP contribution is -2.46. The number of rotatable bonds is 10. The van der Waals surface area contributed by atoms with Crippen LogP contribution < -0.4 is 10.0 Å². The molecule has 30 heavy (non-hydrogen) atoms. The average molecular weight is 447 g/mol. The highest BCUT2D eigenvalue weighted by Crippen LogP contribution is 2.12. The SMILES string of the molecule is CSCCC(NS(=O)(=O)c1ccccc1)C(=O)NCc1cccnc1-n1cncn1. The molecule has 0 saturated heterocycles. The summed E-state index contributed by atoms with van der Waals surface area (Å²) in [6, 6.07) is 10.7. The minimum atomic E-state index is -3.82. The lowest BCUT2D eigenvalue weighted by molar-refractivity contribution is -0.122. The number of pyridine rings is 1. The number of nitrogens with one attached hydrogen (secondary N) is 2. The Labute approximate surface area is 179 Å². The predicted octanol–water partition coefficient (Wildman–Crippen LogP) is 1.38. The van der Waals surface area contributed by atoms with Crippen LogP contribution in [0.4, 0.5) is 0 Å². The number of carbonyl (C=O) groups is 1. The van der Waals surface area contributed by atoms with Crippen LogP contribution in [-0.4, -0.2) is 52.1 Å². The molecule has 2 aromatic heterocycles. The number of amides is 1. The number of carbonyl (C=O) groups excluding carboxylic acids is 1. The molecule has 1 unspecified atom stereocenters. The van der Waals surface area contributed by atoms with E-state index in [0.29, 0.717) is 18.0 Å². The second-order valence-corrected chi connectivity index (χ2v) is 9.01. The molecule has 1 amide bonds. The molecular weight excluding hydrogens is 424 g/mol. The molecule has 2 N–H and O–H groups in total. The Morgan fingerprint density at radius 2 is 2.00 bits per heavy atom. The van der Waals surface area contributed by atoms with Crippen LogP contribution in [0.2, 0.25) is 0 Å². The van der Waals surface area contributed by atoms with Crippen molar-refractivity contribution in [2.75, 3.05) is 12.0 Å². The zero-order chi connectivity index (χ0) is 21.4. The van der Waals surface area contributed by atoms with E-state index in [1.807, 2.05) is 12.3 Å². The Balaban J connectivity index is 1.72. The van der Waals surface area contributed by atoms with E-state index >= 15 is 0 Å². The van der Waals surface area contributed by atoms with Gasteiger partial charge in [0, 0.05) is 18.3 Å². The lowest BCUT2D eigenvalue weighted by Gasteiger charge is -2.19. The smallest absolute Gasteiger partial charge is 0.241 e. The lowest BCUT2D eigenvalue weighted by atomic mass is 10.2. The van der Waals surface area contributed by atoms with E-state index in [4.69, 9.17) is 0 Å². The maximum atomic E-state index is 12.8. The monoisotopic (exact) mass is 446 g/mol. The largest absolute Gasteiger partial charge is 0.350 e. The minimum Gasteiger partial charge on any atom is -0.350 e. The molecule has 3 aromatic rings. The van der Waals surface area contributed by atoms with Crippen molar-refractivity contribution in [2.45, 2.75) is 23.9 Å². The van der Waals surface area contributed by atoms with Gasteiger partial charge in [0.25, 0.3) is 0 Å². The first-order valence-electron chi connectivity index (χ1n) is 9.14. The maximum Gasteiger partial charge on any atom is 0.241 e. The molecule has 158 valence electrons. The summed E-state index contributed by atoms with van der Waals surface area (Å²) in [5.74, 6) is 0.768. The van der Waals surface area contributed by atoms with Crippen molar-refractivity contribution >= 4 is 27.7 Å². The van der Waals surface area contributed by atoms with Crippen LogP contribution in [0.5, 0.6) is 0 Å². The van der Waals surface area contributed by atoms with Gasteiger partial charge in [-0.25, -0.2) is 23.1 Å².